The summed E-state index contributed by atoms with van der Waals surface area (Å²) in [7, 11) is 0. The summed E-state index contributed by atoms with van der Waals surface area (Å²) >= 11 is 0. The lowest BCUT2D eigenvalue weighted by Crippen LogP contribution is -2.49. The number of carbonyl (C=O) groups excluding carboxylic acids is 1. The fourth-order valence-corrected chi connectivity index (χ4v) is 4.58. The van der Waals surface area contributed by atoms with Gasteiger partial charge in [0.15, 0.2) is 0 Å². The molecule has 0 spiro atoms. The van der Waals surface area contributed by atoms with Crippen LogP contribution >= 0.6 is 0 Å². The molecule has 0 saturated carbocycles. The van der Waals surface area contributed by atoms with E-state index < -0.39 is 0 Å². The molecule has 9 nitrogen and oxygen atoms in total. The first-order valence-corrected chi connectivity index (χ1v) is 11.7. The van der Waals surface area contributed by atoms with E-state index in [4.69, 9.17) is 4.98 Å². The molecule has 1 amide bonds. The number of hydrogen-bond donors (Lipinski definition) is 0. The molecule has 0 unspecified atom stereocenters. The minimum Gasteiger partial charge on any atom is -0.356 e. The smallest absolute Gasteiger partial charge is 0.261 e. The fourth-order valence-electron chi connectivity index (χ4n) is 4.58. The molecule has 2 fully saturated rings. The minimum absolute atomic E-state index is 0.0534. The number of rotatable bonds is 5. The van der Waals surface area contributed by atoms with Crippen LogP contribution in [0.5, 0.6) is 0 Å². The van der Waals surface area contributed by atoms with Gasteiger partial charge in [-0.3, -0.25) is 14.2 Å². The Morgan fingerprint density at radius 3 is 2.52 bits per heavy atom. The summed E-state index contributed by atoms with van der Waals surface area (Å²) in [6.45, 7) is 7.09. The van der Waals surface area contributed by atoms with Crippen LogP contribution in [0.15, 0.2) is 41.5 Å². The van der Waals surface area contributed by atoms with E-state index in [9.17, 15) is 9.59 Å². The fraction of sp³-hybridized carbons (Fsp3) is 0.458. The number of anilines is 2. The van der Waals surface area contributed by atoms with E-state index in [1.165, 1.54) is 23.7 Å². The number of hydrogen-bond acceptors (Lipinski definition) is 7. The van der Waals surface area contributed by atoms with E-state index in [1.54, 1.807) is 6.07 Å². The molecule has 0 atom stereocenters. The predicted octanol–water partition coefficient (Wildman–Crippen LogP) is 1.83. The molecule has 0 radical (unpaired) electrons. The van der Waals surface area contributed by atoms with Crippen molar-refractivity contribution >= 4 is 28.6 Å². The topological polar surface area (TPSA) is 87.5 Å². The number of aryl methyl sites for hydroxylation is 2. The van der Waals surface area contributed by atoms with Gasteiger partial charge in [-0.15, -0.1) is 0 Å². The molecule has 2 aromatic heterocycles. The van der Waals surface area contributed by atoms with Gasteiger partial charge in [-0.05, 0) is 31.9 Å². The van der Waals surface area contributed by atoms with Crippen molar-refractivity contribution in [2.45, 2.75) is 32.7 Å². The maximum Gasteiger partial charge on any atom is 0.261 e. The van der Waals surface area contributed by atoms with Crippen molar-refractivity contribution in [1.29, 1.82) is 0 Å². The van der Waals surface area contributed by atoms with Gasteiger partial charge in [0.25, 0.3) is 5.56 Å². The van der Waals surface area contributed by atoms with Crippen LogP contribution in [0.25, 0.3) is 10.9 Å². The Bertz CT molecular complexity index is 1210. The van der Waals surface area contributed by atoms with Crippen LogP contribution in [0.3, 0.4) is 0 Å². The Kier molecular flexibility index (Phi) is 5.93. The van der Waals surface area contributed by atoms with Crippen LogP contribution < -0.4 is 15.4 Å². The summed E-state index contributed by atoms with van der Waals surface area (Å²) in [5, 5.41) is 0.576. The Balaban J connectivity index is 1.19. The van der Waals surface area contributed by atoms with Crippen LogP contribution in [0.2, 0.25) is 0 Å². The second kappa shape index (κ2) is 9.17. The number of fused-ring (bicyclic) bond motifs is 1. The van der Waals surface area contributed by atoms with Gasteiger partial charge in [0.05, 0.1) is 17.2 Å². The standard InChI is InChI=1S/C24H29N7O2/c1-18-16-21(28-9-4-5-10-28)27-24(26-18)30-14-12-29(13-15-30)22(32)8-11-31-17-25-20-7-3-2-6-19(20)23(31)33/h2-3,6-7,16-17H,4-5,8-15H2,1H3. The summed E-state index contributed by atoms with van der Waals surface area (Å²) in [6, 6.07) is 9.32. The first-order valence-electron chi connectivity index (χ1n) is 11.7. The highest BCUT2D eigenvalue weighted by atomic mass is 16.2. The predicted molar refractivity (Wildman–Crippen MR) is 128 cm³/mol. The average molecular weight is 448 g/mol. The number of aromatic nitrogens is 4. The van der Waals surface area contributed by atoms with Crippen LogP contribution in [0.1, 0.15) is 25.0 Å². The van der Waals surface area contributed by atoms with Gasteiger partial charge in [-0.1, -0.05) is 12.1 Å². The van der Waals surface area contributed by atoms with Crippen LogP contribution in [0, 0.1) is 6.92 Å². The molecule has 172 valence electrons. The van der Waals surface area contributed by atoms with Crippen molar-refractivity contribution in [1.82, 2.24) is 24.4 Å². The lowest BCUT2D eigenvalue weighted by Gasteiger charge is -2.35. The highest BCUT2D eigenvalue weighted by Crippen LogP contribution is 2.22. The Morgan fingerprint density at radius 2 is 1.73 bits per heavy atom. The van der Waals surface area contributed by atoms with E-state index in [2.05, 4.69) is 25.8 Å². The zero-order valence-electron chi connectivity index (χ0n) is 19.0. The van der Waals surface area contributed by atoms with Gasteiger partial charge >= 0.3 is 0 Å². The van der Waals surface area contributed by atoms with Crippen LogP contribution in [-0.2, 0) is 11.3 Å². The van der Waals surface area contributed by atoms with E-state index in [0.29, 0.717) is 43.6 Å². The zero-order valence-corrected chi connectivity index (χ0v) is 19.0. The third-order valence-electron chi connectivity index (χ3n) is 6.47. The van der Waals surface area contributed by atoms with Gasteiger partial charge < -0.3 is 14.7 Å². The number of para-hydroxylation sites is 1. The van der Waals surface area contributed by atoms with Crippen molar-refractivity contribution in [3.8, 4) is 0 Å². The molecule has 9 heteroatoms. The number of nitrogens with zero attached hydrogens (tertiary/aromatic N) is 7. The first kappa shape index (κ1) is 21.4. The molecule has 5 rings (SSSR count). The van der Waals surface area contributed by atoms with E-state index in [1.807, 2.05) is 30.0 Å². The largest absolute Gasteiger partial charge is 0.356 e. The Hall–Kier alpha value is -3.49. The third-order valence-corrected chi connectivity index (χ3v) is 6.47. The van der Waals surface area contributed by atoms with Crippen molar-refractivity contribution in [3.63, 3.8) is 0 Å². The quantitative estimate of drug-likeness (QED) is 0.590. The molecule has 2 aliphatic heterocycles. The molecule has 4 heterocycles. The minimum atomic E-state index is -0.108. The molecular formula is C24H29N7O2. The van der Waals surface area contributed by atoms with Crippen molar-refractivity contribution in [3.05, 3.63) is 52.7 Å². The van der Waals surface area contributed by atoms with Gasteiger partial charge in [0.1, 0.15) is 5.82 Å². The molecular weight excluding hydrogens is 418 g/mol. The SMILES string of the molecule is Cc1cc(N2CCCC2)nc(N2CCN(C(=O)CCn3cnc4ccccc4c3=O)CC2)n1. The Morgan fingerprint density at radius 1 is 0.970 bits per heavy atom. The average Bonchev–Trinajstić information content (AvgIpc) is 3.39. The maximum absolute atomic E-state index is 12.8. The molecule has 2 saturated heterocycles. The molecule has 0 bridgehead atoms. The molecule has 3 aromatic rings. The second-order valence-corrected chi connectivity index (χ2v) is 8.74. The molecule has 0 N–H and O–H groups in total. The summed E-state index contributed by atoms with van der Waals surface area (Å²) in [4.78, 5) is 45.6. The van der Waals surface area contributed by atoms with E-state index in [0.717, 1.165) is 30.5 Å². The highest BCUT2D eigenvalue weighted by Gasteiger charge is 2.24. The van der Waals surface area contributed by atoms with E-state index >= 15 is 0 Å². The lowest BCUT2D eigenvalue weighted by molar-refractivity contribution is -0.131. The monoisotopic (exact) mass is 447 g/mol. The number of carbonyl (C=O) groups is 1. The normalized spacial score (nSPS) is 16.6. The molecule has 33 heavy (non-hydrogen) atoms. The summed E-state index contributed by atoms with van der Waals surface area (Å²) in [5.74, 6) is 1.80. The van der Waals surface area contributed by atoms with Crippen molar-refractivity contribution < 1.29 is 4.79 Å². The van der Waals surface area contributed by atoms with Gasteiger partial charge in [-0.25, -0.2) is 9.97 Å². The highest BCUT2D eigenvalue weighted by molar-refractivity contribution is 5.77. The van der Waals surface area contributed by atoms with Crippen LogP contribution in [0.4, 0.5) is 11.8 Å². The van der Waals surface area contributed by atoms with Crippen molar-refractivity contribution in [2.24, 2.45) is 0 Å². The third kappa shape index (κ3) is 4.53. The summed E-state index contributed by atoms with van der Waals surface area (Å²) in [5.41, 5.74) is 1.53. The molecule has 2 aliphatic rings. The number of benzene rings is 1. The summed E-state index contributed by atoms with van der Waals surface area (Å²) < 4.78 is 1.52. The Labute approximate surface area is 192 Å². The zero-order chi connectivity index (χ0) is 22.8. The number of piperazine rings is 1. The summed E-state index contributed by atoms with van der Waals surface area (Å²) in [6.07, 6.45) is 4.23. The van der Waals surface area contributed by atoms with Crippen LogP contribution in [-0.4, -0.2) is 69.6 Å². The van der Waals surface area contributed by atoms with Gasteiger partial charge in [0.2, 0.25) is 11.9 Å². The lowest BCUT2D eigenvalue weighted by atomic mass is 10.2. The molecule has 0 aliphatic carbocycles. The van der Waals surface area contributed by atoms with Gasteiger partial charge in [0, 0.05) is 64.0 Å². The second-order valence-electron chi connectivity index (χ2n) is 8.74. The number of amides is 1. The van der Waals surface area contributed by atoms with E-state index in [-0.39, 0.29) is 17.9 Å². The van der Waals surface area contributed by atoms with Gasteiger partial charge in [-0.2, -0.15) is 4.98 Å². The molecule has 1 aromatic carbocycles. The first-order chi connectivity index (χ1) is 16.1. The van der Waals surface area contributed by atoms with Crippen molar-refractivity contribution in [2.75, 3.05) is 49.1 Å². The maximum atomic E-state index is 12.8.